The summed E-state index contributed by atoms with van der Waals surface area (Å²) in [6, 6.07) is 4.65. The Morgan fingerprint density at radius 2 is 1.65 bits per heavy atom. The number of unbranched alkanes of at least 4 members (excludes halogenated alkanes) is 2. The van der Waals surface area contributed by atoms with E-state index in [-0.39, 0.29) is 0 Å². The maximum Gasteiger partial charge on any atom is 0.163 e. The summed E-state index contributed by atoms with van der Waals surface area (Å²) in [7, 11) is 0. The molecule has 110 valence electrons. The molecule has 0 saturated carbocycles. The highest BCUT2D eigenvalue weighted by Crippen LogP contribution is 2.27. The molecule has 0 unspecified atom stereocenters. The number of benzene rings is 1. The molecule has 20 heavy (non-hydrogen) atoms. The molecule has 0 fully saturated rings. The van der Waals surface area contributed by atoms with Gasteiger partial charge in [-0.25, -0.2) is 0 Å². The van der Waals surface area contributed by atoms with Gasteiger partial charge < -0.3 is 0 Å². The molecule has 2 rings (SSSR count). The molecule has 1 aliphatic carbocycles. The summed E-state index contributed by atoms with van der Waals surface area (Å²) in [5, 5.41) is 0. The van der Waals surface area contributed by atoms with E-state index in [0.717, 1.165) is 37.7 Å². The molecule has 1 aromatic rings. The van der Waals surface area contributed by atoms with Crippen LogP contribution in [0, 0.1) is 0 Å². The standard InChI is InChI=1S/C19H28O/c1-3-5-9-15-13-16(10-6-4-2)19-17(14-15)11-7-8-12-18(19)20/h13-14H,3-12H2,1-2H3. The van der Waals surface area contributed by atoms with E-state index in [0.29, 0.717) is 5.78 Å². The minimum Gasteiger partial charge on any atom is -0.294 e. The van der Waals surface area contributed by atoms with Crippen LogP contribution in [0.4, 0.5) is 0 Å². The molecule has 0 radical (unpaired) electrons. The van der Waals surface area contributed by atoms with E-state index < -0.39 is 0 Å². The van der Waals surface area contributed by atoms with Gasteiger partial charge in [0.25, 0.3) is 0 Å². The van der Waals surface area contributed by atoms with Gasteiger partial charge >= 0.3 is 0 Å². The zero-order chi connectivity index (χ0) is 14.4. The predicted molar refractivity (Wildman–Crippen MR) is 85.6 cm³/mol. The van der Waals surface area contributed by atoms with E-state index >= 15 is 0 Å². The highest BCUT2D eigenvalue weighted by Gasteiger charge is 2.19. The van der Waals surface area contributed by atoms with Crippen LogP contribution in [0.3, 0.4) is 0 Å². The van der Waals surface area contributed by atoms with Crippen molar-refractivity contribution < 1.29 is 4.79 Å². The van der Waals surface area contributed by atoms with E-state index in [1.165, 1.54) is 48.8 Å². The van der Waals surface area contributed by atoms with Gasteiger partial charge in [-0.3, -0.25) is 4.79 Å². The van der Waals surface area contributed by atoms with Gasteiger partial charge in [0.2, 0.25) is 0 Å². The normalized spacial score (nSPS) is 15.0. The number of fused-ring (bicyclic) bond motifs is 1. The third kappa shape index (κ3) is 3.71. The second-order valence-electron chi connectivity index (χ2n) is 6.13. The SMILES string of the molecule is CCCCc1cc(CCCC)c2c(c1)CCCCC2=O. The first-order chi connectivity index (χ1) is 9.76. The molecule has 0 heterocycles. The summed E-state index contributed by atoms with van der Waals surface area (Å²) in [5.41, 5.74) is 5.22. The van der Waals surface area contributed by atoms with Crippen molar-refractivity contribution >= 4 is 5.78 Å². The quantitative estimate of drug-likeness (QED) is 0.644. The molecule has 1 aromatic carbocycles. The Morgan fingerprint density at radius 3 is 2.40 bits per heavy atom. The van der Waals surface area contributed by atoms with Gasteiger partial charge in [0.15, 0.2) is 5.78 Å². The lowest BCUT2D eigenvalue weighted by Gasteiger charge is -2.14. The van der Waals surface area contributed by atoms with Crippen molar-refractivity contribution in [3.8, 4) is 0 Å². The van der Waals surface area contributed by atoms with Crippen LogP contribution in [0.25, 0.3) is 0 Å². The fourth-order valence-electron chi connectivity index (χ4n) is 3.21. The maximum atomic E-state index is 12.4. The van der Waals surface area contributed by atoms with Gasteiger partial charge in [-0.2, -0.15) is 0 Å². The zero-order valence-electron chi connectivity index (χ0n) is 13.1. The molecule has 0 atom stereocenters. The van der Waals surface area contributed by atoms with E-state index in [1.807, 2.05) is 0 Å². The Morgan fingerprint density at radius 1 is 0.950 bits per heavy atom. The summed E-state index contributed by atoms with van der Waals surface area (Å²) in [6.07, 6.45) is 11.2. The largest absolute Gasteiger partial charge is 0.294 e. The first-order valence-corrected chi connectivity index (χ1v) is 8.44. The Hall–Kier alpha value is -1.11. The van der Waals surface area contributed by atoms with Crippen molar-refractivity contribution in [2.75, 3.05) is 0 Å². The first kappa shape index (κ1) is 15.3. The van der Waals surface area contributed by atoms with Crippen LogP contribution in [0.1, 0.15) is 85.8 Å². The monoisotopic (exact) mass is 272 g/mol. The van der Waals surface area contributed by atoms with Gasteiger partial charge in [-0.15, -0.1) is 0 Å². The Kier molecular flexibility index (Phi) is 5.82. The fourth-order valence-corrected chi connectivity index (χ4v) is 3.21. The van der Waals surface area contributed by atoms with Gasteiger partial charge in [0.1, 0.15) is 0 Å². The van der Waals surface area contributed by atoms with Crippen LogP contribution in [-0.4, -0.2) is 5.78 Å². The molecule has 0 N–H and O–H groups in total. The van der Waals surface area contributed by atoms with Crippen LogP contribution < -0.4 is 0 Å². The van der Waals surface area contributed by atoms with Crippen molar-refractivity contribution in [3.05, 3.63) is 34.4 Å². The lowest BCUT2D eigenvalue weighted by Crippen LogP contribution is -2.07. The van der Waals surface area contributed by atoms with Crippen LogP contribution in [0.15, 0.2) is 12.1 Å². The number of rotatable bonds is 6. The Bertz CT molecular complexity index is 459. The molecule has 0 spiro atoms. The van der Waals surface area contributed by atoms with Gasteiger partial charge in [0.05, 0.1) is 0 Å². The first-order valence-electron chi connectivity index (χ1n) is 8.44. The number of ketones is 1. The summed E-state index contributed by atoms with van der Waals surface area (Å²) < 4.78 is 0. The van der Waals surface area contributed by atoms with E-state index in [4.69, 9.17) is 0 Å². The lowest BCUT2D eigenvalue weighted by molar-refractivity contribution is 0.0981. The minimum atomic E-state index is 0.394. The zero-order valence-corrected chi connectivity index (χ0v) is 13.1. The fraction of sp³-hybridized carbons (Fsp3) is 0.632. The van der Waals surface area contributed by atoms with Crippen LogP contribution >= 0.6 is 0 Å². The molecular weight excluding hydrogens is 244 g/mol. The molecule has 0 saturated heterocycles. The van der Waals surface area contributed by atoms with Gasteiger partial charge in [-0.1, -0.05) is 38.8 Å². The lowest BCUT2D eigenvalue weighted by atomic mass is 9.90. The number of carbonyl (C=O) groups is 1. The number of aryl methyl sites for hydroxylation is 3. The molecule has 0 bridgehead atoms. The van der Waals surface area contributed by atoms with Crippen molar-refractivity contribution in [1.82, 2.24) is 0 Å². The van der Waals surface area contributed by atoms with Crippen LogP contribution in [0.2, 0.25) is 0 Å². The number of carbonyl (C=O) groups excluding carboxylic acids is 1. The number of hydrogen-bond donors (Lipinski definition) is 0. The van der Waals surface area contributed by atoms with Crippen molar-refractivity contribution in [2.45, 2.75) is 78.1 Å². The summed E-state index contributed by atoms with van der Waals surface area (Å²) >= 11 is 0. The molecule has 0 amide bonds. The Balaban J connectivity index is 2.36. The summed E-state index contributed by atoms with van der Waals surface area (Å²) in [6.45, 7) is 4.46. The summed E-state index contributed by atoms with van der Waals surface area (Å²) in [5.74, 6) is 0.394. The molecule has 1 aliphatic rings. The van der Waals surface area contributed by atoms with E-state index in [9.17, 15) is 4.79 Å². The Labute approximate surface area is 123 Å². The highest BCUT2D eigenvalue weighted by molar-refractivity contribution is 5.99. The number of Topliss-reactive ketones (excluding diaryl/α,β-unsaturated/α-hetero) is 1. The third-order valence-corrected chi connectivity index (χ3v) is 4.36. The second kappa shape index (κ2) is 7.61. The maximum absolute atomic E-state index is 12.4. The smallest absolute Gasteiger partial charge is 0.163 e. The van der Waals surface area contributed by atoms with Gasteiger partial charge in [0, 0.05) is 12.0 Å². The second-order valence-corrected chi connectivity index (χ2v) is 6.13. The molecule has 1 heteroatoms. The van der Waals surface area contributed by atoms with Crippen molar-refractivity contribution in [1.29, 1.82) is 0 Å². The summed E-state index contributed by atoms with van der Waals surface area (Å²) in [4.78, 5) is 12.4. The molecular formula is C19H28O. The van der Waals surface area contributed by atoms with Crippen LogP contribution in [0.5, 0.6) is 0 Å². The average Bonchev–Trinajstić information content (AvgIpc) is 2.64. The topological polar surface area (TPSA) is 17.1 Å². The molecule has 1 nitrogen and oxygen atoms in total. The number of hydrogen-bond acceptors (Lipinski definition) is 1. The molecule has 0 aromatic heterocycles. The highest BCUT2D eigenvalue weighted by atomic mass is 16.1. The van der Waals surface area contributed by atoms with Crippen molar-refractivity contribution in [3.63, 3.8) is 0 Å². The average molecular weight is 272 g/mol. The molecule has 0 aliphatic heterocycles. The van der Waals surface area contributed by atoms with Crippen LogP contribution in [-0.2, 0) is 19.3 Å². The van der Waals surface area contributed by atoms with E-state index in [1.54, 1.807) is 0 Å². The minimum absolute atomic E-state index is 0.394. The van der Waals surface area contributed by atoms with Gasteiger partial charge in [-0.05, 0) is 61.6 Å². The third-order valence-electron chi connectivity index (χ3n) is 4.36. The van der Waals surface area contributed by atoms with E-state index in [2.05, 4.69) is 26.0 Å². The predicted octanol–water partition coefficient (Wildman–Crippen LogP) is 5.28. The van der Waals surface area contributed by atoms with Crippen molar-refractivity contribution in [2.24, 2.45) is 0 Å².